The largest absolute Gasteiger partial charge is 0.497 e. The summed E-state index contributed by atoms with van der Waals surface area (Å²) in [7, 11) is 1.57. The lowest BCUT2D eigenvalue weighted by molar-refractivity contribution is -0.143. The number of rotatable bonds is 4. The van der Waals surface area contributed by atoms with E-state index in [1.165, 1.54) is 23.1 Å². The molecule has 3 heterocycles. The molecule has 0 aromatic heterocycles. The molecule has 166 valence electrons. The summed E-state index contributed by atoms with van der Waals surface area (Å²) < 4.78 is 19.4. The number of nitrogens with one attached hydrogen (secondary N) is 2. The number of imide groups is 1. The molecule has 3 amide bonds. The molecule has 7 nitrogen and oxygen atoms in total. The molecule has 8 heteroatoms. The molecule has 2 fully saturated rings. The van der Waals surface area contributed by atoms with Crippen LogP contribution in [0.2, 0.25) is 0 Å². The van der Waals surface area contributed by atoms with Gasteiger partial charge in [0, 0.05) is 17.3 Å². The number of halogens is 1. The van der Waals surface area contributed by atoms with Crippen LogP contribution in [0.4, 0.5) is 10.1 Å². The predicted octanol–water partition coefficient (Wildman–Crippen LogP) is 2.41. The molecule has 0 bridgehead atoms. The van der Waals surface area contributed by atoms with Crippen molar-refractivity contribution in [2.24, 2.45) is 17.8 Å². The third kappa shape index (κ3) is 2.72. The van der Waals surface area contributed by atoms with Crippen molar-refractivity contribution >= 4 is 23.4 Å². The fourth-order valence-electron chi connectivity index (χ4n) is 5.41. The molecule has 0 unspecified atom stereocenters. The standard InChI is InChI=1S/C24H24FN3O4/c1-12(2)20-18-19(24(27-20)16-10-14(25)6-9-17(16)26-23(24)31)22(30)28(21(18)29)11-13-4-7-15(32-3)8-5-13/h4-10,12,18-20,27H,11H2,1-3H3,(H,26,31)/t18-,19-,20+,24+/m0/s1. The van der Waals surface area contributed by atoms with Crippen molar-refractivity contribution in [2.45, 2.75) is 32.0 Å². The molecule has 1 spiro atoms. The molecule has 32 heavy (non-hydrogen) atoms. The van der Waals surface area contributed by atoms with E-state index in [4.69, 9.17) is 4.74 Å². The molecule has 3 aliphatic heterocycles. The first-order chi connectivity index (χ1) is 15.3. The average molecular weight is 437 g/mol. The summed E-state index contributed by atoms with van der Waals surface area (Å²) in [5.41, 5.74) is 0.144. The van der Waals surface area contributed by atoms with Gasteiger partial charge in [0.1, 0.15) is 17.1 Å². The maximum atomic E-state index is 14.2. The van der Waals surface area contributed by atoms with E-state index >= 15 is 0 Å². The van der Waals surface area contributed by atoms with E-state index in [1.807, 2.05) is 13.8 Å². The zero-order chi connectivity index (χ0) is 22.8. The third-order valence-electron chi connectivity index (χ3n) is 6.92. The third-order valence-corrected chi connectivity index (χ3v) is 6.92. The highest BCUT2D eigenvalue weighted by Crippen LogP contribution is 2.54. The van der Waals surface area contributed by atoms with Gasteiger partial charge in [0.25, 0.3) is 0 Å². The van der Waals surface area contributed by atoms with Crippen LogP contribution < -0.4 is 15.4 Å². The van der Waals surface area contributed by atoms with Crippen LogP contribution in [0.15, 0.2) is 42.5 Å². The second kappa shape index (κ2) is 7.13. The van der Waals surface area contributed by atoms with Gasteiger partial charge in [-0.1, -0.05) is 26.0 Å². The summed E-state index contributed by atoms with van der Waals surface area (Å²) in [4.78, 5) is 41.7. The summed E-state index contributed by atoms with van der Waals surface area (Å²) in [6.45, 7) is 3.99. The normalized spacial score (nSPS) is 28.5. The highest BCUT2D eigenvalue weighted by molar-refractivity contribution is 6.15. The number of anilines is 1. The SMILES string of the molecule is COc1ccc(CN2C(=O)[C@@H]3[C@@H](C(C)C)N[C@@]4(C(=O)Nc5ccc(F)cc54)[C@@H]3C2=O)cc1. The van der Waals surface area contributed by atoms with E-state index in [-0.39, 0.29) is 18.4 Å². The van der Waals surface area contributed by atoms with E-state index in [2.05, 4.69) is 10.6 Å². The van der Waals surface area contributed by atoms with Crippen molar-refractivity contribution in [3.63, 3.8) is 0 Å². The molecule has 2 N–H and O–H groups in total. The van der Waals surface area contributed by atoms with Gasteiger partial charge in [-0.05, 0) is 41.8 Å². The highest BCUT2D eigenvalue weighted by Gasteiger charge is 2.70. The molecule has 2 saturated heterocycles. The summed E-state index contributed by atoms with van der Waals surface area (Å²) >= 11 is 0. The van der Waals surface area contributed by atoms with Gasteiger partial charge in [-0.3, -0.25) is 24.6 Å². The number of hydrogen-bond acceptors (Lipinski definition) is 5. The molecule has 4 atom stereocenters. The summed E-state index contributed by atoms with van der Waals surface area (Å²) in [6.07, 6.45) is 0. The molecule has 3 aliphatic rings. The fraction of sp³-hybridized carbons (Fsp3) is 0.375. The van der Waals surface area contributed by atoms with Crippen molar-refractivity contribution in [3.8, 4) is 5.75 Å². The molecule has 0 aliphatic carbocycles. The topological polar surface area (TPSA) is 87.7 Å². The van der Waals surface area contributed by atoms with E-state index in [1.54, 1.807) is 31.4 Å². The Morgan fingerprint density at radius 3 is 2.47 bits per heavy atom. The Bertz CT molecular complexity index is 1130. The van der Waals surface area contributed by atoms with Crippen LogP contribution in [0.1, 0.15) is 25.0 Å². The van der Waals surface area contributed by atoms with Gasteiger partial charge in [-0.2, -0.15) is 0 Å². The lowest BCUT2D eigenvalue weighted by atomic mass is 9.76. The maximum absolute atomic E-state index is 14.2. The average Bonchev–Trinajstić information content (AvgIpc) is 3.36. The molecular weight excluding hydrogens is 413 g/mol. The van der Waals surface area contributed by atoms with Crippen LogP contribution in [0.3, 0.4) is 0 Å². The first-order valence-electron chi connectivity index (χ1n) is 10.6. The number of hydrogen-bond donors (Lipinski definition) is 2. The number of benzene rings is 2. The Balaban J connectivity index is 1.58. The van der Waals surface area contributed by atoms with Crippen molar-refractivity contribution in [1.82, 2.24) is 10.2 Å². The van der Waals surface area contributed by atoms with Crippen LogP contribution in [-0.2, 0) is 26.5 Å². The Hall–Kier alpha value is -3.26. The Labute approximate surface area is 184 Å². The van der Waals surface area contributed by atoms with E-state index in [0.29, 0.717) is 17.0 Å². The number of nitrogens with zero attached hydrogens (tertiary/aromatic N) is 1. The number of amides is 3. The monoisotopic (exact) mass is 437 g/mol. The second-order valence-corrected chi connectivity index (χ2v) is 8.98. The van der Waals surface area contributed by atoms with Crippen molar-refractivity contribution < 1.29 is 23.5 Å². The number of likely N-dealkylation sites (tertiary alicyclic amines) is 1. The van der Waals surface area contributed by atoms with Crippen LogP contribution >= 0.6 is 0 Å². The van der Waals surface area contributed by atoms with E-state index in [0.717, 1.165) is 5.56 Å². The first kappa shape index (κ1) is 20.6. The van der Waals surface area contributed by atoms with Crippen LogP contribution in [0, 0.1) is 23.6 Å². The number of carbonyl (C=O) groups is 3. The van der Waals surface area contributed by atoms with Gasteiger partial charge in [0.2, 0.25) is 17.7 Å². The Kier molecular flexibility index (Phi) is 4.60. The van der Waals surface area contributed by atoms with Gasteiger partial charge in [-0.15, -0.1) is 0 Å². The van der Waals surface area contributed by atoms with Crippen LogP contribution in [0.5, 0.6) is 5.75 Å². The Morgan fingerprint density at radius 1 is 1.09 bits per heavy atom. The van der Waals surface area contributed by atoms with E-state index in [9.17, 15) is 18.8 Å². The summed E-state index contributed by atoms with van der Waals surface area (Å²) in [5, 5.41) is 6.08. The van der Waals surface area contributed by atoms with Crippen molar-refractivity contribution in [3.05, 3.63) is 59.4 Å². The minimum Gasteiger partial charge on any atom is -0.497 e. The fourth-order valence-corrected chi connectivity index (χ4v) is 5.41. The minimum absolute atomic E-state index is 0.0232. The smallest absolute Gasteiger partial charge is 0.250 e. The predicted molar refractivity (Wildman–Crippen MR) is 114 cm³/mol. The van der Waals surface area contributed by atoms with Crippen LogP contribution in [-0.4, -0.2) is 35.8 Å². The number of fused-ring (bicyclic) bond motifs is 4. The minimum atomic E-state index is -1.47. The first-order valence-corrected chi connectivity index (χ1v) is 10.6. The van der Waals surface area contributed by atoms with Crippen molar-refractivity contribution in [1.29, 1.82) is 0 Å². The van der Waals surface area contributed by atoms with Gasteiger partial charge in [0.05, 0.1) is 25.5 Å². The van der Waals surface area contributed by atoms with Crippen LogP contribution in [0.25, 0.3) is 0 Å². The zero-order valence-electron chi connectivity index (χ0n) is 18.0. The van der Waals surface area contributed by atoms with Gasteiger partial charge in [-0.25, -0.2) is 4.39 Å². The molecule has 0 saturated carbocycles. The number of carbonyl (C=O) groups excluding carboxylic acids is 3. The van der Waals surface area contributed by atoms with Crippen molar-refractivity contribution in [2.75, 3.05) is 12.4 Å². The lowest BCUT2D eigenvalue weighted by Crippen LogP contribution is -2.53. The quantitative estimate of drug-likeness (QED) is 0.718. The van der Waals surface area contributed by atoms with E-state index < -0.39 is 41.0 Å². The summed E-state index contributed by atoms with van der Waals surface area (Å²) in [5.74, 6) is -2.65. The number of ether oxygens (including phenoxy) is 1. The molecular formula is C24H24FN3O4. The molecule has 5 rings (SSSR count). The van der Waals surface area contributed by atoms with Gasteiger partial charge < -0.3 is 10.1 Å². The zero-order valence-corrected chi connectivity index (χ0v) is 18.0. The summed E-state index contributed by atoms with van der Waals surface area (Å²) in [6, 6.07) is 10.8. The molecule has 2 aromatic rings. The maximum Gasteiger partial charge on any atom is 0.250 e. The second-order valence-electron chi connectivity index (χ2n) is 8.98. The van der Waals surface area contributed by atoms with Gasteiger partial charge in [0.15, 0.2) is 0 Å². The van der Waals surface area contributed by atoms with Gasteiger partial charge >= 0.3 is 0 Å². The molecule has 0 radical (unpaired) electrons. The Morgan fingerprint density at radius 2 is 1.81 bits per heavy atom. The number of methoxy groups -OCH3 is 1. The molecule has 2 aromatic carbocycles. The lowest BCUT2D eigenvalue weighted by Gasteiger charge is -2.30. The highest BCUT2D eigenvalue weighted by atomic mass is 19.1.